The fourth-order valence-corrected chi connectivity index (χ4v) is 2.05. The first-order valence-corrected chi connectivity index (χ1v) is 6.33. The highest BCUT2D eigenvalue weighted by Crippen LogP contribution is 2.21. The lowest BCUT2D eigenvalue weighted by atomic mass is 10.2. The highest BCUT2D eigenvalue weighted by Gasteiger charge is 2.04. The molecule has 1 aromatic carbocycles. The van der Waals surface area contributed by atoms with Gasteiger partial charge < -0.3 is 15.6 Å². The first kappa shape index (κ1) is 12.6. The molecule has 4 heteroatoms. The average molecular weight is 245 g/mol. The molecule has 1 amide bonds. The number of carbonyl (C=O) groups excluding carboxylic acids is 1. The lowest BCUT2D eigenvalue weighted by molar-refractivity contribution is -0.116. The Kier molecular flexibility index (Phi) is 3.99. The number of carbonyl (C=O) groups is 1. The van der Waals surface area contributed by atoms with Crippen LogP contribution in [-0.2, 0) is 11.3 Å². The van der Waals surface area contributed by atoms with E-state index in [4.69, 9.17) is 5.73 Å². The van der Waals surface area contributed by atoms with E-state index in [0.29, 0.717) is 13.0 Å². The number of hydrogen-bond donors (Lipinski definition) is 2. The van der Waals surface area contributed by atoms with Crippen LogP contribution < -0.4 is 11.1 Å². The number of hydrogen-bond acceptors (Lipinski definition) is 2. The standard InChI is InChI=1S/C14H19N3O/c1-2-8-17-9-6-11-3-4-12(10-13(11)17)16-14(18)5-7-15/h3-4,6,9-10H,2,5,7-8,15H2,1H3,(H,16,18). The molecule has 0 bridgehead atoms. The van der Waals surface area contributed by atoms with Gasteiger partial charge in [-0.3, -0.25) is 4.79 Å². The topological polar surface area (TPSA) is 60.0 Å². The van der Waals surface area contributed by atoms with Crippen molar-refractivity contribution in [3.63, 3.8) is 0 Å². The molecule has 0 radical (unpaired) electrons. The van der Waals surface area contributed by atoms with Crippen molar-refractivity contribution in [1.82, 2.24) is 4.57 Å². The Hall–Kier alpha value is -1.81. The number of nitrogens with two attached hydrogens (primary N) is 1. The predicted octanol–water partition coefficient (Wildman–Crippen LogP) is 2.34. The summed E-state index contributed by atoms with van der Waals surface area (Å²) in [6.45, 7) is 3.52. The number of benzene rings is 1. The summed E-state index contributed by atoms with van der Waals surface area (Å²) in [6.07, 6.45) is 3.53. The molecular weight excluding hydrogens is 226 g/mol. The zero-order valence-corrected chi connectivity index (χ0v) is 10.6. The lowest BCUT2D eigenvalue weighted by Gasteiger charge is -2.07. The van der Waals surface area contributed by atoms with Gasteiger partial charge in [0.15, 0.2) is 0 Å². The second-order valence-electron chi connectivity index (χ2n) is 4.37. The zero-order valence-electron chi connectivity index (χ0n) is 10.6. The number of aromatic nitrogens is 1. The molecule has 2 aromatic rings. The summed E-state index contributed by atoms with van der Waals surface area (Å²) in [5.74, 6) is -0.0366. The Morgan fingerprint density at radius 3 is 2.94 bits per heavy atom. The smallest absolute Gasteiger partial charge is 0.225 e. The van der Waals surface area contributed by atoms with Crippen LogP contribution in [0.15, 0.2) is 30.5 Å². The third kappa shape index (κ3) is 2.71. The molecule has 2 rings (SSSR count). The summed E-state index contributed by atoms with van der Waals surface area (Å²) < 4.78 is 2.20. The molecule has 1 heterocycles. The van der Waals surface area contributed by atoms with E-state index in [0.717, 1.165) is 24.2 Å². The number of aryl methyl sites for hydroxylation is 1. The maximum absolute atomic E-state index is 11.5. The molecule has 0 fully saturated rings. The Balaban J connectivity index is 2.24. The second kappa shape index (κ2) is 5.69. The molecular formula is C14H19N3O. The number of fused-ring (bicyclic) bond motifs is 1. The van der Waals surface area contributed by atoms with Crippen LogP contribution in [0.5, 0.6) is 0 Å². The van der Waals surface area contributed by atoms with Crippen molar-refractivity contribution < 1.29 is 4.79 Å². The largest absolute Gasteiger partial charge is 0.347 e. The lowest BCUT2D eigenvalue weighted by Crippen LogP contribution is -2.16. The fraction of sp³-hybridized carbons (Fsp3) is 0.357. The fourth-order valence-electron chi connectivity index (χ4n) is 2.05. The molecule has 3 N–H and O–H groups in total. The minimum atomic E-state index is -0.0366. The number of anilines is 1. The van der Waals surface area contributed by atoms with Crippen LogP contribution in [0.4, 0.5) is 5.69 Å². The molecule has 0 atom stereocenters. The maximum Gasteiger partial charge on any atom is 0.225 e. The van der Waals surface area contributed by atoms with E-state index in [1.54, 1.807) is 0 Å². The van der Waals surface area contributed by atoms with Crippen LogP contribution in [0.3, 0.4) is 0 Å². The van der Waals surface area contributed by atoms with Gasteiger partial charge in [-0.25, -0.2) is 0 Å². The van der Waals surface area contributed by atoms with Crippen molar-refractivity contribution in [3.8, 4) is 0 Å². The molecule has 96 valence electrons. The average Bonchev–Trinajstić information content (AvgIpc) is 2.73. The summed E-state index contributed by atoms with van der Waals surface area (Å²) in [6, 6.07) is 8.06. The third-order valence-electron chi connectivity index (χ3n) is 2.89. The van der Waals surface area contributed by atoms with Crippen molar-refractivity contribution >= 4 is 22.5 Å². The minimum Gasteiger partial charge on any atom is -0.347 e. The summed E-state index contributed by atoms with van der Waals surface area (Å²) in [5.41, 5.74) is 7.34. The molecule has 0 saturated heterocycles. The van der Waals surface area contributed by atoms with Crippen LogP contribution in [-0.4, -0.2) is 17.0 Å². The van der Waals surface area contributed by atoms with Crippen LogP contribution in [0, 0.1) is 0 Å². The van der Waals surface area contributed by atoms with Gasteiger partial charge in [0.2, 0.25) is 5.91 Å². The van der Waals surface area contributed by atoms with E-state index in [9.17, 15) is 4.79 Å². The van der Waals surface area contributed by atoms with Gasteiger partial charge >= 0.3 is 0 Å². The van der Waals surface area contributed by atoms with Gasteiger partial charge in [0.1, 0.15) is 0 Å². The first-order valence-electron chi connectivity index (χ1n) is 6.33. The normalized spacial score (nSPS) is 10.8. The summed E-state index contributed by atoms with van der Waals surface area (Å²) >= 11 is 0. The number of rotatable bonds is 5. The number of nitrogens with zero attached hydrogens (tertiary/aromatic N) is 1. The molecule has 1 aromatic heterocycles. The van der Waals surface area contributed by atoms with Gasteiger partial charge in [-0.1, -0.05) is 13.0 Å². The van der Waals surface area contributed by atoms with Crippen LogP contribution in [0.25, 0.3) is 10.9 Å². The van der Waals surface area contributed by atoms with Gasteiger partial charge in [-0.05, 0) is 30.0 Å². The SMILES string of the molecule is CCCn1ccc2ccc(NC(=O)CCN)cc21. The zero-order chi connectivity index (χ0) is 13.0. The van der Waals surface area contributed by atoms with Crippen molar-refractivity contribution in [2.45, 2.75) is 26.3 Å². The van der Waals surface area contributed by atoms with Gasteiger partial charge in [-0.15, -0.1) is 0 Å². The van der Waals surface area contributed by atoms with E-state index in [2.05, 4.69) is 29.1 Å². The van der Waals surface area contributed by atoms with Crippen LogP contribution in [0.2, 0.25) is 0 Å². The van der Waals surface area contributed by atoms with Gasteiger partial charge in [0, 0.05) is 31.4 Å². The highest BCUT2D eigenvalue weighted by molar-refractivity contribution is 5.93. The Morgan fingerprint density at radius 1 is 1.39 bits per heavy atom. The van der Waals surface area contributed by atoms with Crippen LogP contribution in [0.1, 0.15) is 19.8 Å². The van der Waals surface area contributed by atoms with Gasteiger partial charge in [-0.2, -0.15) is 0 Å². The number of nitrogens with one attached hydrogen (secondary N) is 1. The summed E-state index contributed by atoms with van der Waals surface area (Å²) in [4.78, 5) is 11.5. The monoisotopic (exact) mass is 245 g/mol. The molecule has 0 aliphatic heterocycles. The molecule has 0 unspecified atom stereocenters. The first-order chi connectivity index (χ1) is 8.74. The second-order valence-corrected chi connectivity index (χ2v) is 4.37. The Labute approximate surface area is 107 Å². The summed E-state index contributed by atoms with van der Waals surface area (Å²) in [7, 11) is 0. The highest BCUT2D eigenvalue weighted by atomic mass is 16.1. The molecule has 0 spiro atoms. The van der Waals surface area contributed by atoms with E-state index in [-0.39, 0.29) is 5.91 Å². The van der Waals surface area contributed by atoms with E-state index in [1.165, 1.54) is 5.39 Å². The van der Waals surface area contributed by atoms with Crippen molar-refractivity contribution in [2.24, 2.45) is 5.73 Å². The van der Waals surface area contributed by atoms with Crippen LogP contribution >= 0.6 is 0 Å². The van der Waals surface area contributed by atoms with E-state index < -0.39 is 0 Å². The Bertz CT molecular complexity index is 545. The van der Waals surface area contributed by atoms with E-state index in [1.807, 2.05) is 18.2 Å². The minimum absolute atomic E-state index is 0.0366. The molecule has 18 heavy (non-hydrogen) atoms. The molecule has 0 aliphatic carbocycles. The number of amides is 1. The van der Waals surface area contributed by atoms with Gasteiger partial charge in [0.25, 0.3) is 0 Å². The molecule has 0 aliphatic rings. The molecule has 4 nitrogen and oxygen atoms in total. The van der Waals surface area contributed by atoms with E-state index >= 15 is 0 Å². The quantitative estimate of drug-likeness (QED) is 0.849. The Morgan fingerprint density at radius 2 is 2.22 bits per heavy atom. The van der Waals surface area contributed by atoms with Crippen molar-refractivity contribution in [1.29, 1.82) is 0 Å². The van der Waals surface area contributed by atoms with Gasteiger partial charge in [0.05, 0.1) is 5.52 Å². The van der Waals surface area contributed by atoms with Crippen molar-refractivity contribution in [2.75, 3.05) is 11.9 Å². The van der Waals surface area contributed by atoms with Crippen molar-refractivity contribution in [3.05, 3.63) is 30.5 Å². The predicted molar refractivity (Wildman–Crippen MR) is 74.5 cm³/mol. The summed E-state index contributed by atoms with van der Waals surface area (Å²) in [5, 5.41) is 4.06. The molecule has 0 saturated carbocycles. The third-order valence-corrected chi connectivity index (χ3v) is 2.89. The maximum atomic E-state index is 11.5.